The molecule has 2 atom stereocenters. The summed E-state index contributed by atoms with van der Waals surface area (Å²) in [4.78, 5) is 25.5. The lowest BCUT2D eigenvalue weighted by Gasteiger charge is -2.19. The molecule has 0 unspecified atom stereocenters. The highest BCUT2D eigenvalue weighted by atomic mass is 35.5. The summed E-state index contributed by atoms with van der Waals surface area (Å²) in [5, 5.41) is 3.25. The summed E-state index contributed by atoms with van der Waals surface area (Å²) < 4.78 is 13.8. The number of primary amides is 1. The van der Waals surface area contributed by atoms with Crippen LogP contribution in [-0.2, 0) is 16.0 Å². The zero-order valence-corrected chi connectivity index (χ0v) is 15.3. The normalized spacial score (nSPS) is 23.1. The molecule has 1 aromatic carbocycles. The summed E-state index contributed by atoms with van der Waals surface area (Å²) in [6.45, 7) is 1.56. The quantitative estimate of drug-likeness (QED) is 0.777. The highest BCUT2D eigenvalue weighted by molar-refractivity contribution is 6.31. The monoisotopic (exact) mass is 389 g/mol. The molecule has 3 N–H and O–H groups in total. The van der Waals surface area contributed by atoms with Crippen molar-refractivity contribution in [2.24, 2.45) is 17.6 Å². The molecule has 2 fully saturated rings. The van der Waals surface area contributed by atoms with Crippen molar-refractivity contribution in [1.82, 2.24) is 10.2 Å². The van der Waals surface area contributed by atoms with E-state index in [0.29, 0.717) is 18.4 Å². The van der Waals surface area contributed by atoms with Crippen LogP contribution in [0.3, 0.4) is 0 Å². The fourth-order valence-electron chi connectivity index (χ4n) is 3.54. The standard InChI is InChI=1S/C17H21ClFN3O2.ClH/c18-13-2-1-3-14(19)11(13)6-17(24)21-15-8-22(9-16(20)23)7-12(15)10-4-5-10;/h1-3,10,12,15H,4-9H2,(H2,20,23)(H,21,24);1H/t12-,15+;/m1./s1. The lowest BCUT2D eigenvalue weighted by Crippen LogP contribution is -2.42. The van der Waals surface area contributed by atoms with Crippen molar-refractivity contribution in [1.29, 1.82) is 0 Å². The highest BCUT2D eigenvalue weighted by Crippen LogP contribution is 2.41. The third kappa shape index (κ3) is 5.06. The van der Waals surface area contributed by atoms with Crippen molar-refractivity contribution in [2.45, 2.75) is 25.3 Å². The topological polar surface area (TPSA) is 75.4 Å². The van der Waals surface area contributed by atoms with E-state index in [1.807, 2.05) is 4.90 Å². The number of carbonyl (C=O) groups excluding carboxylic acids is 2. The first-order valence-electron chi connectivity index (χ1n) is 8.17. The van der Waals surface area contributed by atoms with E-state index in [1.165, 1.54) is 12.1 Å². The Morgan fingerprint density at radius 3 is 2.64 bits per heavy atom. The zero-order valence-electron chi connectivity index (χ0n) is 13.7. The van der Waals surface area contributed by atoms with Crippen LogP contribution in [-0.4, -0.2) is 42.4 Å². The summed E-state index contributed by atoms with van der Waals surface area (Å²) in [5.74, 6) is -0.180. The van der Waals surface area contributed by atoms with Crippen LogP contribution >= 0.6 is 24.0 Å². The van der Waals surface area contributed by atoms with E-state index in [2.05, 4.69) is 5.32 Å². The minimum Gasteiger partial charge on any atom is -0.369 e. The van der Waals surface area contributed by atoms with E-state index < -0.39 is 5.82 Å². The van der Waals surface area contributed by atoms with Gasteiger partial charge in [0.05, 0.1) is 13.0 Å². The van der Waals surface area contributed by atoms with Gasteiger partial charge in [0.2, 0.25) is 11.8 Å². The van der Waals surface area contributed by atoms with Crippen LogP contribution in [0.1, 0.15) is 18.4 Å². The Morgan fingerprint density at radius 1 is 1.32 bits per heavy atom. The Balaban J connectivity index is 0.00000225. The number of rotatable bonds is 6. The number of nitrogens with two attached hydrogens (primary N) is 1. The molecule has 2 aliphatic rings. The molecule has 1 aliphatic carbocycles. The van der Waals surface area contributed by atoms with Gasteiger partial charge in [0.15, 0.2) is 0 Å². The average molecular weight is 390 g/mol. The van der Waals surface area contributed by atoms with E-state index in [0.717, 1.165) is 19.4 Å². The van der Waals surface area contributed by atoms with Gasteiger partial charge in [-0.25, -0.2) is 4.39 Å². The molecule has 25 heavy (non-hydrogen) atoms. The van der Waals surface area contributed by atoms with Gasteiger partial charge in [-0.1, -0.05) is 17.7 Å². The van der Waals surface area contributed by atoms with E-state index >= 15 is 0 Å². The van der Waals surface area contributed by atoms with E-state index in [-0.39, 0.29) is 53.8 Å². The Hall–Kier alpha value is -1.37. The number of nitrogens with zero attached hydrogens (tertiary/aromatic N) is 1. The van der Waals surface area contributed by atoms with Gasteiger partial charge in [-0.15, -0.1) is 12.4 Å². The van der Waals surface area contributed by atoms with E-state index in [4.69, 9.17) is 17.3 Å². The zero-order chi connectivity index (χ0) is 17.3. The molecule has 138 valence electrons. The SMILES string of the molecule is Cl.NC(=O)CN1C[C@H](NC(=O)Cc2c(F)cccc2Cl)[C@@H](C2CC2)C1. The van der Waals surface area contributed by atoms with Crippen molar-refractivity contribution in [3.05, 3.63) is 34.6 Å². The molecule has 8 heteroatoms. The number of hydrogen-bond donors (Lipinski definition) is 2. The molecule has 0 radical (unpaired) electrons. The molecule has 5 nitrogen and oxygen atoms in total. The number of likely N-dealkylation sites (tertiary alicyclic amines) is 1. The highest BCUT2D eigenvalue weighted by Gasteiger charge is 2.43. The minimum absolute atomic E-state index is 0. The Morgan fingerprint density at radius 2 is 2.04 bits per heavy atom. The van der Waals surface area contributed by atoms with Gasteiger partial charge in [-0.05, 0) is 36.8 Å². The van der Waals surface area contributed by atoms with Crippen molar-refractivity contribution in [3.8, 4) is 0 Å². The van der Waals surface area contributed by atoms with Crippen LogP contribution in [0.2, 0.25) is 5.02 Å². The second-order valence-corrected chi connectivity index (χ2v) is 7.12. The van der Waals surface area contributed by atoms with Crippen LogP contribution in [0.25, 0.3) is 0 Å². The van der Waals surface area contributed by atoms with Gasteiger partial charge < -0.3 is 11.1 Å². The molecule has 2 amide bonds. The van der Waals surface area contributed by atoms with Crippen molar-refractivity contribution >= 4 is 35.8 Å². The molecule has 1 saturated carbocycles. The van der Waals surface area contributed by atoms with E-state index in [1.54, 1.807) is 6.07 Å². The molecular weight excluding hydrogens is 368 g/mol. The molecule has 0 bridgehead atoms. The number of amides is 2. The largest absolute Gasteiger partial charge is 0.369 e. The van der Waals surface area contributed by atoms with Gasteiger partial charge >= 0.3 is 0 Å². The van der Waals surface area contributed by atoms with Gasteiger partial charge in [0.25, 0.3) is 0 Å². The number of benzene rings is 1. The second-order valence-electron chi connectivity index (χ2n) is 6.71. The lowest BCUT2D eigenvalue weighted by atomic mass is 9.98. The molecular formula is C17H22Cl2FN3O2. The average Bonchev–Trinajstić information content (AvgIpc) is 3.26. The van der Waals surface area contributed by atoms with Crippen LogP contribution in [0.5, 0.6) is 0 Å². The summed E-state index contributed by atoms with van der Waals surface area (Å²) in [6, 6.07) is 4.35. The molecule has 3 rings (SSSR count). The molecule has 0 spiro atoms. The van der Waals surface area contributed by atoms with Gasteiger partial charge in [0.1, 0.15) is 5.82 Å². The predicted molar refractivity (Wildman–Crippen MR) is 96.1 cm³/mol. The van der Waals surface area contributed by atoms with Crippen molar-refractivity contribution in [2.75, 3.05) is 19.6 Å². The number of carbonyl (C=O) groups is 2. The summed E-state index contributed by atoms with van der Waals surface area (Å²) in [5.41, 5.74) is 5.48. The van der Waals surface area contributed by atoms with E-state index in [9.17, 15) is 14.0 Å². The maximum Gasteiger partial charge on any atom is 0.231 e. The molecule has 0 aromatic heterocycles. The summed E-state index contributed by atoms with van der Waals surface area (Å²) in [7, 11) is 0. The third-order valence-electron chi connectivity index (χ3n) is 4.79. The Labute approximate surface area is 157 Å². The lowest BCUT2D eigenvalue weighted by molar-refractivity contribution is -0.121. The van der Waals surface area contributed by atoms with Crippen molar-refractivity contribution in [3.63, 3.8) is 0 Å². The Kier molecular flexibility index (Phi) is 6.65. The predicted octanol–water partition coefficient (Wildman–Crippen LogP) is 1.76. The number of halogens is 3. The molecule has 1 heterocycles. The van der Waals surface area contributed by atoms with Crippen molar-refractivity contribution < 1.29 is 14.0 Å². The summed E-state index contributed by atoms with van der Waals surface area (Å²) >= 11 is 5.98. The maximum atomic E-state index is 13.8. The van der Waals surface area contributed by atoms with Gasteiger partial charge in [0, 0.05) is 29.7 Å². The maximum absolute atomic E-state index is 13.8. The first-order valence-corrected chi connectivity index (χ1v) is 8.54. The number of nitrogens with one attached hydrogen (secondary N) is 1. The fraction of sp³-hybridized carbons (Fsp3) is 0.529. The van der Waals surface area contributed by atoms with Gasteiger partial charge in [-0.3, -0.25) is 14.5 Å². The van der Waals surface area contributed by atoms with Crippen LogP contribution < -0.4 is 11.1 Å². The minimum atomic E-state index is -0.474. The Bertz CT molecular complexity index is 635. The third-order valence-corrected chi connectivity index (χ3v) is 5.15. The first-order chi connectivity index (χ1) is 11.4. The fourth-order valence-corrected chi connectivity index (χ4v) is 3.77. The van der Waals surface area contributed by atoms with Crippen LogP contribution in [0.4, 0.5) is 4.39 Å². The molecule has 1 aromatic rings. The van der Waals surface area contributed by atoms with Gasteiger partial charge in [-0.2, -0.15) is 0 Å². The first kappa shape index (κ1) is 19.9. The summed E-state index contributed by atoms with van der Waals surface area (Å²) in [6.07, 6.45) is 2.22. The van der Waals surface area contributed by atoms with Crippen LogP contribution in [0.15, 0.2) is 18.2 Å². The smallest absolute Gasteiger partial charge is 0.231 e. The molecule has 1 aliphatic heterocycles. The number of hydrogen-bond acceptors (Lipinski definition) is 3. The molecule has 1 saturated heterocycles. The van der Waals surface area contributed by atoms with Crippen LogP contribution in [0, 0.1) is 17.7 Å². The second kappa shape index (κ2) is 8.34.